The summed E-state index contributed by atoms with van der Waals surface area (Å²) in [5.74, 6) is -1.24. The zero-order valence-corrected chi connectivity index (χ0v) is 23.6. The zero-order chi connectivity index (χ0) is 28.7. The lowest BCUT2D eigenvalue weighted by atomic mass is 9.98. The van der Waals surface area contributed by atoms with Gasteiger partial charge in [0.15, 0.2) is 0 Å². The fourth-order valence-corrected chi connectivity index (χ4v) is 5.70. The monoisotopic (exact) mass is 569 g/mol. The highest BCUT2D eigenvalue weighted by Crippen LogP contribution is 2.39. The summed E-state index contributed by atoms with van der Waals surface area (Å²) in [6.45, 7) is 5.30. The number of thiol groups is 1. The summed E-state index contributed by atoms with van der Waals surface area (Å²) >= 11 is 4.41. The molecule has 3 aromatic carbocycles. The van der Waals surface area contributed by atoms with Crippen LogP contribution >= 0.6 is 12.6 Å². The van der Waals surface area contributed by atoms with Crippen LogP contribution in [0.15, 0.2) is 65.6 Å². The van der Waals surface area contributed by atoms with E-state index < -0.39 is 5.97 Å². The first-order valence-corrected chi connectivity index (χ1v) is 14.0. The molecule has 0 bridgehead atoms. The molecule has 1 saturated heterocycles. The van der Waals surface area contributed by atoms with Crippen LogP contribution in [0.4, 0.5) is 11.4 Å². The van der Waals surface area contributed by atoms with Crippen LogP contribution in [0.2, 0.25) is 0 Å². The maximum absolute atomic E-state index is 13.2. The number of likely N-dealkylation sites (N-methyl/N-ethyl adjacent to an activating group) is 1. The van der Waals surface area contributed by atoms with Gasteiger partial charge in [0.1, 0.15) is 0 Å². The second-order valence-electron chi connectivity index (χ2n) is 10.8. The molecule has 210 valence electrons. The first-order valence-electron chi connectivity index (χ1n) is 13.6. The van der Waals surface area contributed by atoms with Crippen LogP contribution in [0.25, 0.3) is 11.3 Å². The lowest BCUT2D eigenvalue weighted by molar-refractivity contribution is -0.133. The first kappa shape index (κ1) is 27.1. The lowest BCUT2D eigenvalue weighted by Crippen LogP contribution is -2.48. The second-order valence-corrected chi connectivity index (χ2v) is 11.3. The summed E-state index contributed by atoms with van der Waals surface area (Å²) in [5, 5.41) is 15.7. The number of carbonyl (C=O) groups is 3. The normalized spacial score (nSPS) is 18.1. The number of nitrogens with one attached hydrogen (secondary N) is 2. The summed E-state index contributed by atoms with van der Waals surface area (Å²) in [5.41, 5.74) is 5.96. The Hall–Kier alpha value is -4.12. The summed E-state index contributed by atoms with van der Waals surface area (Å²) in [6.07, 6.45) is 0. The number of piperazine rings is 1. The van der Waals surface area contributed by atoms with E-state index in [-0.39, 0.29) is 17.4 Å². The smallest absolute Gasteiger partial charge is 0.335 e. The van der Waals surface area contributed by atoms with Gasteiger partial charge < -0.3 is 25.5 Å². The summed E-state index contributed by atoms with van der Waals surface area (Å²) < 4.78 is 0. The number of anilines is 2. The van der Waals surface area contributed by atoms with Gasteiger partial charge in [0.2, 0.25) is 5.91 Å². The highest BCUT2D eigenvalue weighted by atomic mass is 32.1. The molecule has 3 N–H and O–H groups in total. The third kappa shape index (κ3) is 5.58. The fraction of sp³-hybridized carbons (Fsp3) is 0.258. The summed E-state index contributed by atoms with van der Waals surface area (Å²) in [4.78, 5) is 45.0. The molecule has 10 heteroatoms. The van der Waals surface area contributed by atoms with Crippen LogP contribution < -0.4 is 10.6 Å². The Labute approximate surface area is 243 Å². The highest BCUT2D eigenvalue weighted by molar-refractivity contribution is 7.80. The van der Waals surface area contributed by atoms with Crippen LogP contribution in [0.1, 0.15) is 32.6 Å². The number of rotatable bonds is 6. The van der Waals surface area contributed by atoms with E-state index in [4.69, 9.17) is 0 Å². The van der Waals surface area contributed by atoms with Crippen LogP contribution in [0.5, 0.6) is 0 Å². The maximum Gasteiger partial charge on any atom is 0.335 e. The molecular formula is C31H31N5O4S. The van der Waals surface area contributed by atoms with Gasteiger partial charge in [-0.2, -0.15) is 0 Å². The zero-order valence-electron chi connectivity index (χ0n) is 22.7. The third-order valence-electron chi connectivity index (χ3n) is 7.92. The van der Waals surface area contributed by atoms with Crippen LogP contribution in [0.3, 0.4) is 0 Å². The fourth-order valence-electron chi connectivity index (χ4n) is 5.55. The van der Waals surface area contributed by atoms with Gasteiger partial charge in [-0.05, 0) is 60.1 Å². The number of aromatic carboxylic acids is 1. The number of carboxylic acids is 1. The average Bonchev–Trinajstić information content (AvgIpc) is 3.53. The molecule has 6 rings (SSSR count). The Morgan fingerprint density at radius 3 is 2.37 bits per heavy atom. The van der Waals surface area contributed by atoms with Crippen molar-refractivity contribution in [1.82, 2.24) is 14.7 Å². The van der Waals surface area contributed by atoms with Gasteiger partial charge in [0.25, 0.3) is 5.91 Å². The van der Waals surface area contributed by atoms with E-state index in [0.29, 0.717) is 42.2 Å². The Balaban J connectivity index is 1.28. The molecule has 0 aliphatic carbocycles. The van der Waals surface area contributed by atoms with Crippen molar-refractivity contribution in [2.24, 2.45) is 0 Å². The Morgan fingerprint density at radius 1 is 0.927 bits per heavy atom. The topological polar surface area (TPSA) is 105 Å². The molecule has 9 nitrogen and oxygen atoms in total. The van der Waals surface area contributed by atoms with Gasteiger partial charge in [-0.1, -0.05) is 24.3 Å². The number of hydrogen-bond donors (Lipinski definition) is 4. The van der Waals surface area contributed by atoms with Gasteiger partial charge in [0.05, 0.1) is 29.1 Å². The van der Waals surface area contributed by atoms with Crippen molar-refractivity contribution >= 4 is 53.1 Å². The van der Waals surface area contributed by atoms with Crippen molar-refractivity contribution in [3.05, 3.63) is 88.5 Å². The van der Waals surface area contributed by atoms with Crippen molar-refractivity contribution in [2.45, 2.75) is 18.0 Å². The van der Waals surface area contributed by atoms with Crippen molar-refractivity contribution in [3.8, 4) is 0 Å². The molecular weight excluding hydrogens is 538 g/mol. The van der Waals surface area contributed by atoms with Crippen molar-refractivity contribution < 1.29 is 19.5 Å². The van der Waals surface area contributed by atoms with Gasteiger partial charge in [-0.15, -0.1) is 12.6 Å². The van der Waals surface area contributed by atoms with Crippen LogP contribution in [0, 0.1) is 0 Å². The van der Waals surface area contributed by atoms with Crippen molar-refractivity contribution in [1.29, 1.82) is 0 Å². The van der Waals surface area contributed by atoms with E-state index in [9.17, 15) is 19.5 Å². The number of amides is 2. The van der Waals surface area contributed by atoms with Crippen LogP contribution in [-0.4, -0.2) is 77.4 Å². The minimum atomic E-state index is -1.06. The number of fused-ring (bicyclic) bond motifs is 2. The van der Waals surface area contributed by atoms with E-state index in [1.165, 1.54) is 12.1 Å². The van der Waals surface area contributed by atoms with E-state index in [2.05, 4.69) is 40.1 Å². The predicted molar refractivity (Wildman–Crippen MR) is 161 cm³/mol. The molecule has 0 unspecified atom stereocenters. The van der Waals surface area contributed by atoms with Crippen molar-refractivity contribution in [3.63, 3.8) is 0 Å². The maximum atomic E-state index is 13.2. The molecule has 0 radical (unpaired) electrons. The predicted octanol–water partition coefficient (Wildman–Crippen LogP) is 3.70. The van der Waals surface area contributed by atoms with Gasteiger partial charge in [0, 0.05) is 55.4 Å². The van der Waals surface area contributed by atoms with E-state index in [0.717, 1.165) is 53.5 Å². The molecule has 2 amide bonds. The number of carbonyl (C=O) groups excluding carboxylic acids is 2. The number of nitrogens with zero attached hydrogens (tertiary/aromatic N) is 3. The molecule has 3 aromatic rings. The molecule has 0 saturated carbocycles. The average molecular weight is 570 g/mol. The molecule has 1 fully saturated rings. The van der Waals surface area contributed by atoms with Gasteiger partial charge in [-0.3, -0.25) is 14.5 Å². The SMILES string of the molecule is CN1CCN(CC(=O)N2Cc3ccc(N/C(=C4\C(=O)Nc5cc(C(=O)O)ccc54)c4ccc(S)cc4)cc3C2)CC1. The molecule has 3 aliphatic rings. The number of hydrogen-bond acceptors (Lipinski definition) is 7. The summed E-state index contributed by atoms with van der Waals surface area (Å²) in [6, 6.07) is 18.1. The minimum Gasteiger partial charge on any atom is -0.478 e. The van der Waals surface area contributed by atoms with E-state index in [1.54, 1.807) is 6.07 Å². The van der Waals surface area contributed by atoms with E-state index in [1.807, 2.05) is 47.4 Å². The Bertz CT molecular complexity index is 1580. The van der Waals surface area contributed by atoms with Gasteiger partial charge in [-0.25, -0.2) is 4.79 Å². The number of benzene rings is 3. The quantitative estimate of drug-likeness (QED) is 0.265. The van der Waals surface area contributed by atoms with Crippen molar-refractivity contribution in [2.75, 3.05) is 50.4 Å². The highest BCUT2D eigenvalue weighted by Gasteiger charge is 2.30. The number of carboxylic acid groups (broad SMARTS) is 1. The molecule has 3 heterocycles. The molecule has 41 heavy (non-hydrogen) atoms. The molecule has 0 aromatic heterocycles. The van der Waals surface area contributed by atoms with Crippen LogP contribution in [-0.2, 0) is 22.7 Å². The lowest BCUT2D eigenvalue weighted by Gasteiger charge is -2.32. The van der Waals surface area contributed by atoms with Gasteiger partial charge >= 0.3 is 5.97 Å². The molecule has 0 spiro atoms. The second kappa shape index (κ2) is 11.0. The summed E-state index contributed by atoms with van der Waals surface area (Å²) in [7, 11) is 2.10. The Morgan fingerprint density at radius 2 is 1.63 bits per heavy atom. The molecule has 3 aliphatic heterocycles. The first-order chi connectivity index (χ1) is 19.7. The van der Waals surface area contributed by atoms with E-state index >= 15 is 0 Å². The largest absolute Gasteiger partial charge is 0.478 e. The third-order valence-corrected chi connectivity index (χ3v) is 8.22. The minimum absolute atomic E-state index is 0.101. The Kier molecular flexibility index (Phi) is 7.29. The standard InChI is InChI=1S/C31H31N5O4S/c1-34-10-12-35(13-11-34)18-27(37)36-16-21-2-6-23(14-22(21)17-36)32-29(19-3-7-24(41)8-4-19)28-25-9-5-20(31(39)40)15-26(25)33-30(28)38/h2-9,14-15,32,41H,10-13,16-18H2,1H3,(H,33,38)(H,39,40)/b29-28-. The molecule has 0 atom stereocenters.